The summed E-state index contributed by atoms with van der Waals surface area (Å²) in [6.07, 6.45) is 0. The van der Waals surface area contributed by atoms with Crippen LogP contribution in [0, 0.1) is 5.92 Å². The van der Waals surface area contributed by atoms with Crippen LogP contribution in [0.4, 0.5) is 0 Å². The molecule has 0 fully saturated rings. The summed E-state index contributed by atoms with van der Waals surface area (Å²) in [4.78, 5) is 19.4. The van der Waals surface area contributed by atoms with Crippen molar-refractivity contribution in [1.82, 2.24) is 9.88 Å². The first kappa shape index (κ1) is 20.4. The lowest BCUT2D eigenvalue weighted by Gasteiger charge is -2.24. The Balaban J connectivity index is 1.66. The summed E-state index contributed by atoms with van der Waals surface area (Å²) in [5.74, 6) is 1.16. The number of hydrogen-bond acceptors (Lipinski definition) is 4. The number of para-hydroxylation sites is 1. The van der Waals surface area contributed by atoms with E-state index in [0.29, 0.717) is 36.2 Å². The zero-order chi connectivity index (χ0) is 19.9. The van der Waals surface area contributed by atoms with Crippen LogP contribution >= 0.6 is 22.9 Å². The molecule has 0 aliphatic rings. The van der Waals surface area contributed by atoms with E-state index in [4.69, 9.17) is 16.3 Å². The lowest BCUT2D eigenvalue weighted by atomic mass is 10.1. The van der Waals surface area contributed by atoms with Crippen LogP contribution in [0.25, 0.3) is 0 Å². The molecular weight excluding hydrogens is 392 g/mol. The van der Waals surface area contributed by atoms with Crippen LogP contribution < -0.4 is 4.74 Å². The molecule has 3 rings (SSSR count). The molecule has 1 amide bonds. The second-order valence-corrected chi connectivity index (χ2v) is 8.30. The smallest absolute Gasteiger partial charge is 0.254 e. The summed E-state index contributed by atoms with van der Waals surface area (Å²) in [6.45, 7) is 5.75. The Morgan fingerprint density at radius 2 is 1.86 bits per heavy atom. The van der Waals surface area contributed by atoms with Gasteiger partial charge in [0, 0.05) is 22.5 Å². The Morgan fingerprint density at radius 1 is 1.14 bits per heavy atom. The molecule has 0 saturated heterocycles. The van der Waals surface area contributed by atoms with E-state index >= 15 is 0 Å². The average molecular weight is 415 g/mol. The monoisotopic (exact) mass is 414 g/mol. The van der Waals surface area contributed by atoms with Gasteiger partial charge in [0.05, 0.1) is 12.2 Å². The van der Waals surface area contributed by atoms with E-state index in [9.17, 15) is 4.79 Å². The van der Waals surface area contributed by atoms with E-state index in [-0.39, 0.29) is 5.91 Å². The molecule has 4 nitrogen and oxygen atoms in total. The second-order valence-electron chi connectivity index (χ2n) is 6.92. The SMILES string of the molecule is CC(C)CN(Cc1csc(COc2ccccc2)n1)C(=O)c1ccc(Cl)cc1. The van der Waals surface area contributed by atoms with E-state index in [1.54, 1.807) is 35.6 Å². The Kier molecular flexibility index (Phi) is 7.06. The molecule has 2 aromatic carbocycles. The molecule has 0 saturated carbocycles. The lowest BCUT2D eigenvalue weighted by Crippen LogP contribution is -2.33. The van der Waals surface area contributed by atoms with Crippen LogP contribution in [-0.4, -0.2) is 22.3 Å². The summed E-state index contributed by atoms with van der Waals surface area (Å²) in [7, 11) is 0. The van der Waals surface area contributed by atoms with Crippen LogP contribution in [0.1, 0.15) is 34.9 Å². The minimum Gasteiger partial charge on any atom is -0.486 e. The van der Waals surface area contributed by atoms with Gasteiger partial charge in [-0.25, -0.2) is 4.98 Å². The van der Waals surface area contributed by atoms with Crippen LogP contribution in [0.3, 0.4) is 0 Å². The fraction of sp³-hybridized carbons (Fsp3) is 0.273. The van der Waals surface area contributed by atoms with E-state index in [0.717, 1.165) is 16.5 Å². The van der Waals surface area contributed by atoms with Crippen molar-refractivity contribution in [3.8, 4) is 5.75 Å². The third kappa shape index (κ3) is 5.81. The number of hydrogen-bond donors (Lipinski definition) is 0. The first-order valence-corrected chi connectivity index (χ1v) is 10.4. The largest absolute Gasteiger partial charge is 0.486 e. The molecule has 146 valence electrons. The summed E-state index contributed by atoms with van der Waals surface area (Å²) >= 11 is 7.49. The van der Waals surface area contributed by atoms with Gasteiger partial charge in [-0.2, -0.15) is 0 Å². The van der Waals surface area contributed by atoms with Gasteiger partial charge in [-0.05, 0) is 42.3 Å². The van der Waals surface area contributed by atoms with Gasteiger partial charge in [-0.15, -0.1) is 11.3 Å². The number of ether oxygens (including phenoxy) is 1. The molecule has 0 spiro atoms. The molecular formula is C22H23ClN2O2S. The molecule has 0 bridgehead atoms. The molecule has 0 radical (unpaired) electrons. The van der Waals surface area contributed by atoms with Crippen molar-refractivity contribution in [2.24, 2.45) is 5.92 Å². The van der Waals surface area contributed by atoms with Gasteiger partial charge in [0.1, 0.15) is 17.4 Å². The molecule has 0 aliphatic carbocycles. The highest BCUT2D eigenvalue weighted by atomic mass is 35.5. The van der Waals surface area contributed by atoms with Crippen molar-refractivity contribution in [1.29, 1.82) is 0 Å². The fourth-order valence-corrected chi connectivity index (χ4v) is 3.60. The first-order valence-electron chi connectivity index (χ1n) is 9.17. The Labute approximate surface area is 174 Å². The van der Waals surface area contributed by atoms with Gasteiger partial charge in [-0.1, -0.05) is 43.6 Å². The predicted octanol–water partition coefficient (Wildman–Crippen LogP) is 5.67. The fourth-order valence-electron chi connectivity index (χ4n) is 2.78. The van der Waals surface area contributed by atoms with Crippen molar-refractivity contribution >= 4 is 28.8 Å². The first-order chi connectivity index (χ1) is 13.5. The third-order valence-corrected chi connectivity index (χ3v) is 5.14. The zero-order valence-corrected chi connectivity index (χ0v) is 17.5. The summed E-state index contributed by atoms with van der Waals surface area (Å²) in [5, 5.41) is 3.50. The number of carbonyl (C=O) groups excluding carboxylic acids is 1. The molecule has 0 N–H and O–H groups in total. The van der Waals surface area contributed by atoms with E-state index in [1.165, 1.54) is 0 Å². The molecule has 3 aromatic rings. The van der Waals surface area contributed by atoms with Crippen LogP contribution in [0.2, 0.25) is 5.02 Å². The predicted molar refractivity (Wildman–Crippen MR) is 114 cm³/mol. The molecule has 1 aromatic heterocycles. The minimum absolute atomic E-state index is 0.0135. The van der Waals surface area contributed by atoms with Gasteiger partial charge < -0.3 is 9.64 Å². The number of thiazole rings is 1. The van der Waals surface area contributed by atoms with Crippen LogP contribution in [-0.2, 0) is 13.2 Å². The highest BCUT2D eigenvalue weighted by molar-refractivity contribution is 7.09. The van der Waals surface area contributed by atoms with Crippen LogP contribution in [0.5, 0.6) is 5.75 Å². The Morgan fingerprint density at radius 3 is 2.54 bits per heavy atom. The number of aromatic nitrogens is 1. The maximum absolute atomic E-state index is 12.9. The number of nitrogens with zero attached hydrogens (tertiary/aromatic N) is 2. The van der Waals surface area contributed by atoms with Gasteiger partial charge in [0.15, 0.2) is 0 Å². The second kappa shape index (κ2) is 9.71. The average Bonchev–Trinajstić information content (AvgIpc) is 3.14. The Hall–Kier alpha value is -2.37. The van der Waals surface area contributed by atoms with Crippen molar-refractivity contribution in [3.63, 3.8) is 0 Å². The number of benzene rings is 2. The van der Waals surface area contributed by atoms with E-state index in [1.807, 2.05) is 40.6 Å². The lowest BCUT2D eigenvalue weighted by molar-refractivity contribution is 0.0720. The minimum atomic E-state index is -0.0135. The van der Waals surface area contributed by atoms with Gasteiger partial charge in [0.2, 0.25) is 0 Å². The summed E-state index contributed by atoms with van der Waals surface area (Å²) in [6, 6.07) is 16.7. The standard InChI is InChI=1S/C22H23ClN2O2S/c1-16(2)12-25(22(26)17-8-10-18(23)11-9-17)13-19-15-28-21(24-19)14-27-20-6-4-3-5-7-20/h3-11,15-16H,12-14H2,1-2H3. The summed E-state index contributed by atoms with van der Waals surface area (Å²) < 4.78 is 5.76. The van der Waals surface area contributed by atoms with Gasteiger partial charge in [-0.3, -0.25) is 4.79 Å². The third-order valence-electron chi connectivity index (χ3n) is 4.02. The summed E-state index contributed by atoms with van der Waals surface area (Å²) in [5.41, 5.74) is 1.51. The topological polar surface area (TPSA) is 42.4 Å². The number of carbonyl (C=O) groups is 1. The van der Waals surface area contributed by atoms with Crippen molar-refractivity contribution in [3.05, 3.63) is 81.3 Å². The van der Waals surface area contributed by atoms with Crippen molar-refractivity contribution < 1.29 is 9.53 Å². The number of halogens is 1. The highest BCUT2D eigenvalue weighted by Crippen LogP contribution is 2.18. The number of amides is 1. The van der Waals surface area contributed by atoms with E-state index < -0.39 is 0 Å². The maximum Gasteiger partial charge on any atom is 0.254 e. The molecule has 6 heteroatoms. The Bertz CT molecular complexity index is 894. The van der Waals surface area contributed by atoms with Crippen molar-refractivity contribution in [2.45, 2.75) is 27.0 Å². The molecule has 0 unspecified atom stereocenters. The normalized spacial score (nSPS) is 10.9. The maximum atomic E-state index is 12.9. The highest BCUT2D eigenvalue weighted by Gasteiger charge is 2.18. The molecule has 0 aliphatic heterocycles. The van der Waals surface area contributed by atoms with Crippen LogP contribution in [0.15, 0.2) is 60.0 Å². The van der Waals surface area contributed by atoms with Gasteiger partial charge in [0.25, 0.3) is 5.91 Å². The van der Waals surface area contributed by atoms with Crippen molar-refractivity contribution in [2.75, 3.05) is 6.54 Å². The molecule has 1 heterocycles. The quantitative estimate of drug-likeness (QED) is 0.476. The number of rotatable bonds is 8. The molecule has 28 heavy (non-hydrogen) atoms. The van der Waals surface area contributed by atoms with E-state index in [2.05, 4.69) is 18.8 Å². The van der Waals surface area contributed by atoms with Gasteiger partial charge >= 0.3 is 0 Å². The zero-order valence-electron chi connectivity index (χ0n) is 16.0. The molecule has 0 atom stereocenters.